The molecule has 1 N–H and O–H groups in total. The van der Waals surface area contributed by atoms with Gasteiger partial charge in [-0.3, -0.25) is 19.3 Å². The number of allylic oxidation sites excluding steroid dienone is 2. The Morgan fingerprint density at radius 1 is 1.11 bits per heavy atom. The molecule has 1 fully saturated rings. The number of rotatable bonds is 4. The van der Waals surface area contributed by atoms with Gasteiger partial charge >= 0.3 is 5.97 Å². The van der Waals surface area contributed by atoms with E-state index in [2.05, 4.69) is 0 Å². The Hall–Kier alpha value is -4.37. The lowest BCUT2D eigenvalue weighted by molar-refractivity contribution is -0.141. The number of ketones is 1. The predicted molar refractivity (Wildman–Crippen MR) is 132 cm³/mol. The third-order valence-electron chi connectivity index (χ3n) is 6.31. The Labute approximate surface area is 209 Å². The van der Waals surface area contributed by atoms with Crippen LogP contribution in [0.25, 0.3) is 6.08 Å². The Morgan fingerprint density at radius 3 is 2.69 bits per heavy atom. The summed E-state index contributed by atoms with van der Waals surface area (Å²) in [7, 11) is 0. The molecular weight excluding hydrogens is 480 g/mol. The number of fused-ring (bicyclic) bond motifs is 2. The number of thioether (sulfide) groups is 1. The van der Waals surface area contributed by atoms with Crippen molar-refractivity contribution in [2.24, 2.45) is 0 Å². The number of Topliss-reactive ketones (excluding diaryl/α,β-unsaturated/α-hetero) is 1. The highest BCUT2D eigenvalue weighted by Crippen LogP contribution is 2.46. The number of carbonyl (C=O) groups excluding carboxylic acids is 3. The van der Waals surface area contributed by atoms with Gasteiger partial charge in [-0.25, -0.2) is 4.79 Å². The van der Waals surface area contributed by atoms with E-state index < -0.39 is 17.3 Å². The summed E-state index contributed by atoms with van der Waals surface area (Å²) in [5.74, 6) is -1.62. The van der Waals surface area contributed by atoms with Gasteiger partial charge in [0.2, 0.25) is 0 Å². The third kappa shape index (κ3) is 3.47. The van der Waals surface area contributed by atoms with Crippen molar-refractivity contribution in [2.45, 2.75) is 18.3 Å². The van der Waals surface area contributed by atoms with Crippen LogP contribution < -0.4 is 9.64 Å². The molecule has 9 heteroatoms. The van der Waals surface area contributed by atoms with Crippen LogP contribution in [0.4, 0.5) is 5.69 Å². The molecule has 0 bridgehead atoms. The quantitative estimate of drug-likeness (QED) is 0.390. The van der Waals surface area contributed by atoms with E-state index in [0.29, 0.717) is 22.6 Å². The average Bonchev–Trinajstić information content (AvgIpc) is 3.23. The van der Waals surface area contributed by atoms with Crippen molar-refractivity contribution in [3.05, 3.63) is 99.8 Å². The molecule has 1 atom stereocenters. The zero-order chi connectivity index (χ0) is 25.0. The number of ether oxygens (including phenoxy) is 1. The topological polar surface area (TPSA) is 104 Å². The fraction of sp³-hybridized carbons (Fsp3) is 0.111. The van der Waals surface area contributed by atoms with Crippen LogP contribution in [-0.4, -0.2) is 38.9 Å². The molecule has 3 heterocycles. The van der Waals surface area contributed by atoms with Gasteiger partial charge in [-0.1, -0.05) is 42.5 Å². The van der Waals surface area contributed by atoms with Crippen LogP contribution in [0.15, 0.2) is 88.7 Å². The van der Waals surface area contributed by atoms with Gasteiger partial charge in [0.15, 0.2) is 11.5 Å². The summed E-state index contributed by atoms with van der Waals surface area (Å²) in [4.78, 5) is 53.1. The number of hydrogen-bond donors (Lipinski definition) is 1. The molecule has 1 aliphatic carbocycles. The first kappa shape index (κ1) is 22.1. The van der Waals surface area contributed by atoms with Gasteiger partial charge in [0.05, 0.1) is 17.8 Å². The van der Waals surface area contributed by atoms with Gasteiger partial charge in [-0.2, -0.15) is 0 Å². The molecule has 0 spiro atoms. The number of hydrogen-bond acceptors (Lipinski definition) is 6. The molecule has 36 heavy (non-hydrogen) atoms. The highest BCUT2D eigenvalue weighted by atomic mass is 32.2. The van der Waals surface area contributed by atoms with Gasteiger partial charge in [-0.15, -0.1) is 11.8 Å². The molecule has 3 aliphatic heterocycles. The molecule has 8 nitrogen and oxygen atoms in total. The maximum Gasteiger partial charge on any atom is 0.353 e. The molecule has 0 unspecified atom stereocenters. The summed E-state index contributed by atoms with van der Waals surface area (Å²) < 4.78 is 6.04. The van der Waals surface area contributed by atoms with Gasteiger partial charge in [0, 0.05) is 11.8 Å². The Kier molecular flexibility index (Phi) is 5.15. The SMILES string of the molecule is O=C(O)C1=CS[C@@H]2C(=Cc3ccc4c(c3)N(Cc3ccccc3)C(=O)C3=C(C=CCC3=O)O4)C(=O)N12. The normalized spacial score (nSPS) is 21.4. The van der Waals surface area contributed by atoms with E-state index in [-0.39, 0.29) is 41.7 Å². The highest BCUT2D eigenvalue weighted by Gasteiger charge is 2.49. The van der Waals surface area contributed by atoms with Gasteiger partial charge in [0.1, 0.15) is 22.4 Å². The fourth-order valence-electron chi connectivity index (χ4n) is 4.56. The molecule has 4 aliphatic rings. The van der Waals surface area contributed by atoms with Crippen LogP contribution in [0.1, 0.15) is 17.5 Å². The molecule has 0 aromatic heterocycles. The van der Waals surface area contributed by atoms with Gasteiger partial charge < -0.3 is 14.7 Å². The number of β-lactam (4-membered cyclic amide) rings is 1. The van der Waals surface area contributed by atoms with E-state index in [1.807, 2.05) is 30.3 Å². The summed E-state index contributed by atoms with van der Waals surface area (Å²) in [6.07, 6.45) is 5.15. The molecule has 2 aromatic rings. The fourth-order valence-corrected chi connectivity index (χ4v) is 5.68. The van der Waals surface area contributed by atoms with E-state index in [0.717, 1.165) is 5.56 Å². The van der Waals surface area contributed by atoms with Crippen molar-refractivity contribution in [2.75, 3.05) is 4.90 Å². The Balaban J connectivity index is 1.39. The molecule has 2 aromatic carbocycles. The highest BCUT2D eigenvalue weighted by molar-refractivity contribution is 8.03. The number of aliphatic carboxylic acids is 1. The Morgan fingerprint density at radius 2 is 1.92 bits per heavy atom. The van der Waals surface area contributed by atoms with Crippen molar-refractivity contribution in [3.8, 4) is 5.75 Å². The van der Waals surface area contributed by atoms with Crippen LogP contribution in [-0.2, 0) is 25.7 Å². The first-order valence-corrected chi connectivity index (χ1v) is 12.1. The van der Waals surface area contributed by atoms with Gasteiger partial charge in [-0.05, 0) is 35.4 Å². The molecule has 178 valence electrons. The number of carbonyl (C=O) groups is 4. The summed E-state index contributed by atoms with van der Waals surface area (Å²) in [6, 6.07) is 14.6. The molecule has 0 saturated carbocycles. The minimum Gasteiger partial charge on any atom is -0.477 e. The smallest absolute Gasteiger partial charge is 0.353 e. The lowest BCUT2D eigenvalue weighted by Gasteiger charge is -2.37. The number of carboxylic acids is 1. The van der Waals surface area contributed by atoms with Crippen LogP contribution in [0.5, 0.6) is 5.75 Å². The number of nitrogens with zero attached hydrogens (tertiary/aromatic N) is 2. The summed E-state index contributed by atoms with van der Waals surface area (Å²) in [5, 5.41) is 10.4. The zero-order valence-corrected chi connectivity index (χ0v) is 19.5. The average molecular weight is 499 g/mol. The Bertz CT molecular complexity index is 1490. The summed E-state index contributed by atoms with van der Waals surface area (Å²) in [6.45, 7) is 0.223. The second kappa shape index (κ2) is 8.39. The summed E-state index contributed by atoms with van der Waals surface area (Å²) in [5.41, 5.74) is 2.46. The molecule has 6 rings (SSSR count). The van der Waals surface area contributed by atoms with E-state index in [9.17, 15) is 24.3 Å². The maximum absolute atomic E-state index is 13.7. The predicted octanol–water partition coefficient (Wildman–Crippen LogP) is 3.62. The minimum absolute atomic E-state index is 0.0176. The second-order valence-corrected chi connectivity index (χ2v) is 9.50. The number of benzene rings is 2. The lowest BCUT2D eigenvalue weighted by atomic mass is 10.00. The first-order valence-electron chi connectivity index (χ1n) is 11.2. The van der Waals surface area contributed by atoms with Crippen molar-refractivity contribution >= 4 is 47.1 Å². The molecule has 1 saturated heterocycles. The number of anilines is 1. The number of amides is 2. The third-order valence-corrected chi connectivity index (χ3v) is 7.39. The standard InChI is InChI=1S/C27H18N2O6S/c30-20-7-4-8-22-23(20)25(32)28(13-15-5-2-1-3-6-15)18-12-16(9-10-21(18)35-22)11-17-24(31)29-19(27(33)34)14-36-26(17)29/h1-6,8-12,14,26H,7,13H2,(H,33,34)/t26-/m1/s1. The van der Waals surface area contributed by atoms with E-state index in [1.54, 1.807) is 36.4 Å². The van der Waals surface area contributed by atoms with Gasteiger partial charge in [0.25, 0.3) is 11.8 Å². The van der Waals surface area contributed by atoms with Crippen LogP contribution in [0.2, 0.25) is 0 Å². The minimum atomic E-state index is -1.14. The summed E-state index contributed by atoms with van der Waals surface area (Å²) >= 11 is 1.26. The number of carboxylic acid groups (broad SMARTS) is 1. The molecular formula is C27H18N2O6S. The van der Waals surface area contributed by atoms with E-state index in [4.69, 9.17) is 4.74 Å². The van der Waals surface area contributed by atoms with Crippen LogP contribution in [0, 0.1) is 0 Å². The van der Waals surface area contributed by atoms with Crippen LogP contribution >= 0.6 is 11.8 Å². The first-order chi connectivity index (χ1) is 17.4. The van der Waals surface area contributed by atoms with Crippen LogP contribution in [0.3, 0.4) is 0 Å². The zero-order valence-electron chi connectivity index (χ0n) is 18.7. The van der Waals surface area contributed by atoms with Crippen molar-refractivity contribution in [1.82, 2.24) is 4.90 Å². The van der Waals surface area contributed by atoms with E-state index in [1.165, 1.54) is 27.0 Å². The monoisotopic (exact) mass is 498 g/mol. The largest absolute Gasteiger partial charge is 0.477 e. The van der Waals surface area contributed by atoms with Crippen molar-refractivity contribution in [3.63, 3.8) is 0 Å². The van der Waals surface area contributed by atoms with Crippen molar-refractivity contribution < 1.29 is 29.0 Å². The van der Waals surface area contributed by atoms with Crippen molar-refractivity contribution in [1.29, 1.82) is 0 Å². The molecule has 2 amide bonds. The van der Waals surface area contributed by atoms with E-state index >= 15 is 0 Å². The maximum atomic E-state index is 13.7. The lowest BCUT2D eigenvalue weighted by Crippen LogP contribution is -2.51. The molecule has 0 radical (unpaired) electrons. The second-order valence-electron chi connectivity index (χ2n) is 8.55.